The maximum Gasteiger partial charge on any atom is 0.243 e. The highest BCUT2D eigenvalue weighted by molar-refractivity contribution is 7.89. The molecule has 0 radical (unpaired) electrons. The van der Waals surface area contributed by atoms with Crippen molar-refractivity contribution in [2.75, 3.05) is 0 Å². The van der Waals surface area contributed by atoms with E-state index in [0.717, 1.165) is 25.7 Å². The number of nitrogens with zero attached hydrogens (tertiary/aromatic N) is 2. The van der Waals surface area contributed by atoms with Crippen LogP contribution >= 0.6 is 11.6 Å². The van der Waals surface area contributed by atoms with Gasteiger partial charge in [0.15, 0.2) is 0 Å². The van der Waals surface area contributed by atoms with Crippen molar-refractivity contribution in [2.24, 2.45) is 5.92 Å². The molecular formula is C12H18ClN3O2S. The average Bonchev–Trinajstić information content (AvgIpc) is 2.39. The lowest BCUT2D eigenvalue weighted by Crippen LogP contribution is -2.41. The molecule has 1 fully saturated rings. The smallest absolute Gasteiger partial charge is 0.225 e. The van der Waals surface area contributed by atoms with Gasteiger partial charge in [0.25, 0.3) is 0 Å². The first-order chi connectivity index (χ1) is 9.03. The monoisotopic (exact) mass is 303 g/mol. The molecule has 7 heteroatoms. The normalized spacial score (nSPS) is 24.3. The standard InChI is InChI=1S/C12H18ClN3O2S/c1-2-9-5-3-4-6-11(9)16-19(17,18)10-7-14-12(13)15-8-10/h7-9,11,16H,2-6H2,1H3. The van der Waals surface area contributed by atoms with Gasteiger partial charge in [0.2, 0.25) is 15.3 Å². The molecule has 1 aromatic heterocycles. The Morgan fingerprint density at radius 1 is 1.32 bits per heavy atom. The third kappa shape index (κ3) is 3.64. The Bertz CT molecular complexity index is 518. The number of hydrogen-bond acceptors (Lipinski definition) is 4. The molecule has 19 heavy (non-hydrogen) atoms. The molecule has 0 amide bonds. The Hall–Kier alpha value is -0.720. The second-order valence-corrected chi connectivity index (χ2v) is 6.92. The highest BCUT2D eigenvalue weighted by atomic mass is 35.5. The highest BCUT2D eigenvalue weighted by Crippen LogP contribution is 2.27. The van der Waals surface area contributed by atoms with Crippen LogP contribution in [0.3, 0.4) is 0 Å². The van der Waals surface area contributed by atoms with E-state index >= 15 is 0 Å². The summed E-state index contributed by atoms with van der Waals surface area (Å²) in [7, 11) is -3.55. The first-order valence-corrected chi connectivity index (χ1v) is 8.39. The number of hydrogen-bond donors (Lipinski definition) is 1. The predicted molar refractivity (Wildman–Crippen MR) is 73.4 cm³/mol. The molecule has 5 nitrogen and oxygen atoms in total. The first-order valence-electron chi connectivity index (χ1n) is 6.53. The summed E-state index contributed by atoms with van der Waals surface area (Å²) in [5, 5.41) is 0.0445. The van der Waals surface area contributed by atoms with Gasteiger partial charge in [0.05, 0.1) is 12.4 Å². The van der Waals surface area contributed by atoms with Gasteiger partial charge in [-0.3, -0.25) is 0 Å². The van der Waals surface area contributed by atoms with E-state index in [1.54, 1.807) is 0 Å². The van der Waals surface area contributed by atoms with Crippen LogP contribution in [0.1, 0.15) is 39.0 Å². The molecular weight excluding hydrogens is 286 g/mol. The van der Waals surface area contributed by atoms with E-state index in [9.17, 15) is 8.42 Å². The minimum atomic E-state index is -3.55. The summed E-state index contributed by atoms with van der Waals surface area (Å²) in [4.78, 5) is 7.49. The van der Waals surface area contributed by atoms with Gasteiger partial charge in [-0.05, 0) is 30.4 Å². The fourth-order valence-electron chi connectivity index (χ4n) is 2.56. The lowest BCUT2D eigenvalue weighted by molar-refractivity contribution is 0.282. The number of halogens is 1. The molecule has 1 aliphatic rings. The van der Waals surface area contributed by atoms with Crippen molar-refractivity contribution in [2.45, 2.75) is 50.0 Å². The highest BCUT2D eigenvalue weighted by Gasteiger charge is 2.28. The van der Waals surface area contributed by atoms with Crippen LogP contribution in [0.2, 0.25) is 5.28 Å². The van der Waals surface area contributed by atoms with Gasteiger partial charge in [0, 0.05) is 6.04 Å². The molecule has 1 heterocycles. The van der Waals surface area contributed by atoms with Gasteiger partial charge in [-0.25, -0.2) is 23.1 Å². The largest absolute Gasteiger partial charge is 0.243 e. The first kappa shape index (κ1) is 14.7. The van der Waals surface area contributed by atoms with Gasteiger partial charge in [0.1, 0.15) is 4.90 Å². The van der Waals surface area contributed by atoms with E-state index in [-0.39, 0.29) is 16.2 Å². The second kappa shape index (κ2) is 6.15. The zero-order chi connectivity index (χ0) is 13.9. The van der Waals surface area contributed by atoms with Crippen LogP contribution in [0, 0.1) is 5.92 Å². The summed E-state index contributed by atoms with van der Waals surface area (Å²) in [6.45, 7) is 2.10. The van der Waals surface area contributed by atoms with Gasteiger partial charge in [-0.1, -0.05) is 26.2 Å². The molecule has 2 rings (SSSR count). The average molecular weight is 304 g/mol. The predicted octanol–water partition coefficient (Wildman–Crippen LogP) is 2.38. The van der Waals surface area contributed by atoms with E-state index in [4.69, 9.17) is 11.6 Å². The van der Waals surface area contributed by atoms with Crippen molar-refractivity contribution in [3.8, 4) is 0 Å². The van der Waals surface area contributed by atoms with Crippen LogP contribution in [0.5, 0.6) is 0 Å². The van der Waals surface area contributed by atoms with Crippen molar-refractivity contribution in [1.29, 1.82) is 0 Å². The number of nitrogens with one attached hydrogen (secondary N) is 1. The molecule has 106 valence electrons. The molecule has 0 aromatic carbocycles. The third-order valence-corrected chi connectivity index (χ3v) is 5.29. The van der Waals surface area contributed by atoms with E-state index < -0.39 is 10.0 Å². The van der Waals surface area contributed by atoms with E-state index in [1.165, 1.54) is 18.8 Å². The van der Waals surface area contributed by atoms with Gasteiger partial charge in [-0.2, -0.15) is 0 Å². The Morgan fingerprint density at radius 3 is 2.58 bits per heavy atom. The van der Waals surface area contributed by atoms with E-state index in [2.05, 4.69) is 21.6 Å². The van der Waals surface area contributed by atoms with Crippen molar-refractivity contribution in [3.63, 3.8) is 0 Å². The summed E-state index contributed by atoms with van der Waals surface area (Å²) in [6, 6.07) is 0.0134. The zero-order valence-corrected chi connectivity index (χ0v) is 12.4. The second-order valence-electron chi connectivity index (χ2n) is 4.87. The topological polar surface area (TPSA) is 72.0 Å². The van der Waals surface area contributed by atoms with Crippen LogP contribution in [0.25, 0.3) is 0 Å². The van der Waals surface area contributed by atoms with Gasteiger partial charge >= 0.3 is 0 Å². The van der Waals surface area contributed by atoms with Crippen LogP contribution in [-0.2, 0) is 10.0 Å². The van der Waals surface area contributed by atoms with Gasteiger partial charge < -0.3 is 0 Å². The Kier molecular flexibility index (Phi) is 4.76. The molecule has 0 spiro atoms. The maximum absolute atomic E-state index is 12.2. The Morgan fingerprint density at radius 2 is 1.95 bits per heavy atom. The molecule has 0 bridgehead atoms. The van der Waals surface area contributed by atoms with Crippen molar-refractivity contribution >= 4 is 21.6 Å². The van der Waals surface area contributed by atoms with E-state index in [1.807, 2.05) is 0 Å². The lowest BCUT2D eigenvalue weighted by Gasteiger charge is -2.31. The lowest BCUT2D eigenvalue weighted by atomic mass is 9.83. The molecule has 2 unspecified atom stereocenters. The summed E-state index contributed by atoms with van der Waals surface area (Å²) >= 11 is 5.56. The SMILES string of the molecule is CCC1CCCCC1NS(=O)(=O)c1cnc(Cl)nc1. The quantitative estimate of drug-likeness (QED) is 0.867. The molecule has 0 aliphatic heterocycles. The summed E-state index contributed by atoms with van der Waals surface area (Å²) < 4.78 is 27.3. The van der Waals surface area contributed by atoms with Crippen molar-refractivity contribution in [1.82, 2.24) is 14.7 Å². The number of sulfonamides is 1. The minimum Gasteiger partial charge on any atom is -0.225 e. The van der Waals surface area contributed by atoms with Crippen molar-refractivity contribution < 1.29 is 8.42 Å². The van der Waals surface area contributed by atoms with Crippen LogP contribution in [-0.4, -0.2) is 24.4 Å². The molecule has 1 N–H and O–H groups in total. The third-order valence-electron chi connectivity index (χ3n) is 3.65. The van der Waals surface area contributed by atoms with Crippen LogP contribution in [0.15, 0.2) is 17.3 Å². The summed E-state index contributed by atoms with van der Waals surface area (Å²) in [5.41, 5.74) is 0. The maximum atomic E-state index is 12.2. The Balaban J connectivity index is 2.14. The molecule has 1 aromatic rings. The fourth-order valence-corrected chi connectivity index (χ4v) is 3.88. The Labute approximate surface area is 118 Å². The molecule has 1 saturated carbocycles. The fraction of sp³-hybridized carbons (Fsp3) is 0.667. The van der Waals surface area contributed by atoms with Crippen LogP contribution in [0.4, 0.5) is 0 Å². The number of rotatable bonds is 4. The molecule has 0 saturated heterocycles. The van der Waals surface area contributed by atoms with Gasteiger partial charge in [-0.15, -0.1) is 0 Å². The molecule has 1 aliphatic carbocycles. The summed E-state index contributed by atoms with van der Waals surface area (Å²) in [6.07, 6.45) is 7.70. The van der Waals surface area contributed by atoms with E-state index in [0.29, 0.717) is 5.92 Å². The molecule has 2 atom stereocenters. The zero-order valence-electron chi connectivity index (χ0n) is 10.8. The van der Waals surface area contributed by atoms with Crippen molar-refractivity contribution in [3.05, 3.63) is 17.7 Å². The number of aromatic nitrogens is 2. The summed E-state index contributed by atoms with van der Waals surface area (Å²) in [5.74, 6) is 0.414. The minimum absolute atomic E-state index is 0.0134. The van der Waals surface area contributed by atoms with Crippen LogP contribution < -0.4 is 4.72 Å².